The second-order valence-electron chi connectivity index (χ2n) is 6.20. The van der Waals surface area contributed by atoms with Gasteiger partial charge in [-0.25, -0.2) is 0 Å². The van der Waals surface area contributed by atoms with E-state index in [0.717, 1.165) is 0 Å². The van der Waals surface area contributed by atoms with Crippen molar-refractivity contribution in [2.24, 2.45) is 0 Å². The first-order valence-corrected chi connectivity index (χ1v) is 10.0. The van der Waals surface area contributed by atoms with Crippen molar-refractivity contribution in [1.82, 2.24) is 18.3 Å². The highest BCUT2D eigenvalue weighted by atomic mass is 32.1. The molecule has 160 valence electrons. The lowest BCUT2D eigenvalue weighted by Gasteiger charge is -2.08. The molecule has 4 heterocycles. The summed E-state index contributed by atoms with van der Waals surface area (Å²) < 4.78 is 4.99. The van der Waals surface area contributed by atoms with Crippen LogP contribution in [0.2, 0.25) is 0 Å². The molecule has 8 nitrogen and oxygen atoms in total. The molecule has 0 saturated heterocycles. The van der Waals surface area contributed by atoms with Crippen molar-refractivity contribution in [1.29, 1.82) is 0 Å². The van der Waals surface area contributed by atoms with Crippen LogP contribution in [0.1, 0.15) is 0 Å². The Labute approximate surface area is 191 Å². The van der Waals surface area contributed by atoms with E-state index >= 15 is 0 Å². The molecule has 0 bridgehead atoms. The summed E-state index contributed by atoms with van der Waals surface area (Å²) in [5.41, 5.74) is -1.04. The zero-order valence-corrected chi connectivity index (χ0v) is 18.1. The summed E-state index contributed by atoms with van der Waals surface area (Å²) >= 11 is 10.2. The zero-order chi connectivity index (χ0) is 23.1. The van der Waals surface area contributed by atoms with Crippen molar-refractivity contribution in [2.75, 3.05) is 0 Å². The Morgan fingerprint density at radius 2 is 0.656 bits per heavy atom. The Hall–Kier alpha value is -4.02. The number of pyridine rings is 4. The number of hydrogen-bond acceptors (Lipinski definition) is 6. The first-order valence-electron chi connectivity index (χ1n) is 9.20. The van der Waals surface area contributed by atoms with Gasteiger partial charge in [-0.1, -0.05) is 24.3 Å². The minimum Gasteiger partial charge on any atom is -0.269 e. The van der Waals surface area contributed by atoms with Crippen LogP contribution >= 0.6 is 24.4 Å². The number of hydrogen-bond donors (Lipinski definition) is 0. The normalized spacial score (nSPS) is 10.0. The molecule has 0 aromatic carbocycles. The maximum atomic E-state index is 11.5. The Morgan fingerprint density at radius 1 is 0.438 bits per heavy atom. The van der Waals surface area contributed by atoms with Crippen LogP contribution in [0.5, 0.6) is 0 Å². The predicted molar refractivity (Wildman–Crippen MR) is 130 cm³/mol. The van der Waals surface area contributed by atoms with Crippen LogP contribution in [-0.4, -0.2) is 28.5 Å². The van der Waals surface area contributed by atoms with Crippen LogP contribution in [0.15, 0.2) is 117 Å². The molecule has 0 unspecified atom stereocenters. The van der Waals surface area contributed by atoms with Crippen molar-refractivity contribution >= 4 is 34.7 Å². The van der Waals surface area contributed by atoms with Gasteiger partial charge in [0.1, 0.15) is 0 Å². The summed E-state index contributed by atoms with van der Waals surface area (Å²) in [5, 5.41) is 0.299. The monoisotopic (exact) mass is 464 g/mol. The van der Waals surface area contributed by atoms with Gasteiger partial charge in [-0.2, -0.15) is 0 Å². The zero-order valence-electron chi connectivity index (χ0n) is 16.5. The average Bonchev–Trinajstić information content (AvgIpc) is 2.80. The summed E-state index contributed by atoms with van der Waals surface area (Å²) in [7, 11) is 0. The van der Waals surface area contributed by atoms with E-state index in [-0.39, 0.29) is 32.5 Å². The third-order valence-electron chi connectivity index (χ3n) is 4.11. The minimum atomic E-state index is -0.261. The van der Waals surface area contributed by atoms with Gasteiger partial charge in [-0.15, -0.1) is 0 Å². The van der Waals surface area contributed by atoms with Gasteiger partial charge in [0.05, 0.1) is 0 Å². The van der Waals surface area contributed by atoms with Gasteiger partial charge in [-0.3, -0.25) is 37.4 Å². The Morgan fingerprint density at radius 3 is 0.844 bits per heavy atom. The van der Waals surface area contributed by atoms with Crippen LogP contribution in [0, 0.1) is 0 Å². The third kappa shape index (κ3) is 5.17. The van der Waals surface area contributed by atoms with E-state index in [9.17, 15) is 19.2 Å². The quantitative estimate of drug-likeness (QED) is 0.366. The molecule has 0 fully saturated rings. The molecule has 0 aliphatic carbocycles. The fourth-order valence-electron chi connectivity index (χ4n) is 2.57. The lowest BCUT2D eigenvalue weighted by atomic mass is 10.4. The van der Waals surface area contributed by atoms with Gasteiger partial charge in [0, 0.05) is 49.1 Å². The summed E-state index contributed by atoms with van der Waals surface area (Å²) in [6.45, 7) is 0. The molecule has 0 aliphatic rings. The first kappa shape index (κ1) is 22.7. The van der Waals surface area contributed by atoms with Crippen LogP contribution in [-0.2, 0) is 0 Å². The lowest BCUT2D eigenvalue weighted by Crippen LogP contribution is -2.35. The molecule has 0 saturated carbocycles. The van der Waals surface area contributed by atoms with Crippen molar-refractivity contribution in [2.45, 2.75) is 0 Å². The van der Waals surface area contributed by atoms with Gasteiger partial charge in [0.15, 0.2) is 10.2 Å². The van der Waals surface area contributed by atoms with Gasteiger partial charge in [0.25, 0.3) is 22.2 Å². The predicted octanol–water partition coefficient (Wildman–Crippen LogP) is 1.38. The van der Waals surface area contributed by atoms with Crippen molar-refractivity contribution in [3.63, 3.8) is 0 Å². The third-order valence-corrected chi connectivity index (χ3v) is 4.90. The largest absolute Gasteiger partial charge is 0.269 e. The smallest absolute Gasteiger partial charge is 0.256 e. The maximum Gasteiger partial charge on any atom is 0.256 e. The first-order chi connectivity index (χ1) is 15.4. The van der Waals surface area contributed by atoms with E-state index in [1.807, 2.05) is 0 Å². The van der Waals surface area contributed by atoms with Crippen molar-refractivity contribution in [3.05, 3.63) is 139 Å². The summed E-state index contributed by atoms with van der Waals surface area (Å²) in [6.07, 6.45) is 6.13. The van der Waals surface area contributed by atoms with Crippen LogP contribution in [0.3, 0.4) is 0 Å². The van der Waals surface area contributed by atoms with E-state index in [4.69, 9.17) is 24.4 Å². The number of thiocarbonyl (C=S) groups is 2. The molecule has 0 amide bonds. The Kier molecular flexibility index (Phi) is 7.32. The fraction of sp³-hybridized carbons (Fsp3) is 0. The molecular weight excluding hydrogens is 448 g/mol. The Bertz CT molecular complexity index is 1290. The van der Waals surface area contributed by atoms with Gasteiger partial charge < -0.3 is 0 Å². The molecule has 0 radical (unpaired) electrons. The van der Waals surface area contributed by atoms with Crippen LogP contribution in [0.25, 0.3) is 0 Å². The number of rotatable bonds is 0. The molecule has 0 N–H and O–H groups in total. The highest BCUT2D eigenvalue weighted by Crippen LogP contribution is 1.90. The van der Waals surface area contributed by atoms with Gasteiger partial charge >= 0.3 is 0 Å². The molecule has 0 spiro atoms. The highest BCUT2D eigenvalue weighted by molar-refractivity contribution is 7.80. The standard InChI is InChI=1S/2C11H8N2O2S/c2*14-9-5-1-3-7-12(9)11(16)13-8-4-2-6-10(13)15/h2*1-8H. The van der Waals surface area contributed by atoms with Gasteiger partial charge in [0.2, 0.25) is 0 Å². The molecule has 4 aromatic heterocycles. The molecular formula is C22H16N4O4S2. The van der Waals surface area contributed by atoms with Crippen LogP contribution < -0.4 is 22.2 Å². The van der Waals surface area contributed by atoms with Crippen molar-refractivity contribution < 1.29 is 0 Å². The fourth-order valence-corrected chi connectivity index (χ4v) is 3.18. The summed E-state index contributed by atoms with van der Waals surface area (Å²) in [5.74, 6) is 0. The second kappa shape index (κ2) is 10.3. The van der Waals surface area contributed by atoms with Gasteiger partial charge in [-0.05, 0) is 48.7 Å². The molecule has 10 heteroatoms. The number of aromatic nitrogens is 4. The lowest BCUT2D eigenvalue weighted by molar-refractivity contribution is 0.954. The van der Waals surface area contributed by atoms with E-state index in [1.165, 1.54) is 67.3 Å². The van der Waals surface area contributed by atoms with E-state index < -0.39 is 0 Å². The summed E-state index contributed by atoms with van der Waals surface area (Å²) in [4.78, 5) is 46.0. The van der Waals surface area contributed by atoms with Crippen LogP contribution in [0.4, 0.5) is 0 Å². The molecule has 0 atom stereocenters. The molecule has 4 rings (SSSR count). The van der Waals surface area contributed by atoms with Crippen molar-refractivity contribution in [3.8, 4) is 0 Å². The van der Waals surface area contributed by atoms with E-state index in [2.05, 4.69) is 0 Å². The molecule has 32 heavy (non-hydrogen) atoms. The minimum absolute atomic E-state index is 0.149. The SMILES string of the molecule is O=c1ccccn1C(=S)n1ccccc1=O.O=c1ccccn1C(=S)n1ccccc1=O. The second-order valence-corrected chi connectivity index (χ2v) is 6.93. The Balaban J connectivity index is 0.000000181. The topological polar surface area (TPSA) is 88.0 Å². The average molecular weight is 465 g/mol. The van der Waals surface area contributed by atoms with E-state index in [1.54, 1.807) is 48.5 Å². The number of nitrogens with zero attached hydrogens (tertiary/aromatic N) is 4. The maximum absolute atomic E-state index is 11.5. The molecule has 4 aromatic rings. The molecule has 0 aliphatic heterocycles. The summed E-state index contributed by atoms with van der Waals surface area (Å²) in [6, 6.07) is 18.8. The highest BCUT2D eigenvalue weighted by Gasteiger charge is 2.05. The van der Waals surface area contributed by atoms with E-state index in [0.29, 0.717) is 0 Å².